The number of rotatable bonds is 5. The van der Waals surface area contributed by atoms with Crippen LogP contribution in [0.5, 0.6) is 5.75 Å². The first-order chi connectivity index (χ1) is 9.26. The second kappa shape index (κ2) is 11.3. The smallest absolute Gasteiger partial charge is 0.145 e. The molecule has 0 aromatic carbocycles. The van der Waals surface area contributed by atoms with Gasteiger partial charge in [-0.1, -0.05) is 56.3 Å². The molecule has 0 bridgehead atoms. The highest BCUT2D eigenvalue weighted by Gasteiger charge is 1.97. The second-order valence-electron chi connectivity index (χ2n) is 3.11. The van der Waals surface area contributed by atoms with Crippen LogP contribution in [-0.4, -0.2) is 4.98 Å². The Kier molecular flexibility index (Phi) is 10.2. The molecule has 1 heterocycles. The van der Waals surface area contributed by atoms with Gasteiger partial charge in [-0.3, -0.25) is 0 Å². The molecule has 0 saturated carbocycles. The molecule has 3 heteroatoms. The summed E-state index contributed by atoms with van der Waals surface area (Å²) < 4.78 is 5.60. The van der Waals surface area contributed by atoms with Crippen molar-refractivity contribution in [1.82, 2.24) is 4.98 Å². The molecule has 1 aromatic heterocycles. The maximum absolute atomic E-state index is 5.69. The van der Waals surface area contributed by atoms with Crippen molar-refractivity contribution in [1.29, 1.82) is 0 Å². The summed E-state index contributed by atoms with van der Waals surface area (Å²) in [5, 5.41) is 0.441. The maximum Gasteiger partial charge on any atom is 0.145 e. The first-order valence-corrected chi connectivity index (χ1v) is 6.55. The summed E-state index contributed by atoms with van der Waals surface area (Å²) >= 11 is 5.69. The second-order valence-corrected chi connectivity index (χ2v) is 3.50. The number of ether oxygens (including phenoxy) is 1. The predicted molar refractivity (Wildman–Crippen MR) is 83.5 cm³/mol. The third kappa shape index (κ3) is 8.01. The summed E-state index contributed by atoms with van der Waals surface area (Å²) in [4.78, 5) is 3.94. The topological polar surface area (TPSA) is 22.1 Å². The van der Waals surface area contributed by atoms with Crippen molar-refractivity contribution in [2.24, 2.45) is 0 Å². The van der Waals surface area contributed by atoms with Crippen molar-refractivity contribution in [3.63, 3.8) is 0 Å². The Morgan fingerprint density at radius 3 is 2.58 bits per heavy atom. The summed E-state index contributed by atoms with van der Waals surface area (Å²) in [5.74, 6) is 1.31. The Morgan fingerprint density at radius 2 is 2.05 bits per heavy atom. The van der Waals surface area contributed by atoms with Crippen molar-refractivity contribution in [3.05, 3.63) is 72.3 Å². The van der Waals surface area contributed by atoms with E-state index in [4.69, 9.17) is 16.3 Å². The molecule has 0 aliphatic heterocycles. The van der Waals surface area contributed by atoms with Crippen molar-refractivity contribution in [2.45, 2.75) is 20.8 Å². The van der Waals surface area contributed by atoms with Gasteiger partial charge in [-0.15, -0.1) is 0 Å². The molecule has 0 spiro atoms. The van der Waals surface area contributed by atoms with Crippen molar-refractivity contribution >= 4 is 11.6 Å². The molecule has 0 fully saturated rings. The van der Waals surface area contributed by atoms with Gasteiger partial charge in [0.25, 0.3) is 0 Å². The summed E-state index contributed by atoms with van der Waals surface area (Å²) in [7, 11) is 0. The molecular formula is C16H20ClNO. The van der Waals surface area contributed by atoms with E-state index in [2.05, 4.69) is 11.6 Å². The van der Waals surface area contributed by atoms with E-state index in [1.807, 2.05) is 45.1 Å². The molecule has 1 rings (SSSR count). The Balaban J connectivity index is 0.00000154. The fourth-order valence-electron chi connectivity index (χ4n) is 1.06. The Bertz CT molecular complexity index is 444. The van der Waals surface area contributed by atoms with Gasteiger partial charge < -0.3 is 4.74 Å². The van der Waals surface area contributed by atoms with Crippen LogP contribution in [0.4, 0.5) is 0 Å². The third-order valence-electron chi connectivity index (χ3n) is 1.78. The van der Waals surface area contributed by atoms with Crippen LogP contribution in [0.15, 0.2) is 67.1 Å². The van der Waals surface area contributed by atoms with E-state index < -0.39 is 0 Å². The minimum absolute atomic E-state index is 0.441. The number of halogens is 1. The number of allylic oxidation sites excluding steroid dienone is 6. The SMILES string of the molecule is C=C\C=C(/C=C\C=C/C)Oc1ccc(Cl)nc1.CC. The largest absolute Gasteiger partial charge is 0.456 e. The van der Waals surface area contributed by atoms with E-state index in [1.54, 1.807) is 30.5 Å². The zero-order valence-electron chi connectivity index (χ0n) is 11.6. The van der Waals surface area contributed by atoms with E-state index in [-0.39, 0.29) is 0 Å². The zero-order valence-corrected chi connectivity index (χ0v) is 12.4. The summed E-state index contributed by atoms with van der Waals surface area (Å²) in [6.45, 7) is 9.59. The van der Waals surface area contributed by atoms with Gasteiger partial charge in [-0.25, -0.2) is 4.98 Å². The van der Waals surface area contributed by atoms with Gasteiger partial charge in [0.1, 0.15) is 16.7 Å². The van der Waals surface area contributed by atoms with Gasteiger partial charge in [0.2, 0.25) is 0 Å². The molecule has 102 valence electrons. The summed E-state index contributed by atoms with van der Waals surface area (Å²) in [5.41, 5.74) is 0. The molecule has 0 N–H and O–H groups in total. The fraction of sp³-hybridized carbons (Fsp3) is 0.188. The first kappa shape index (κ1) is 17.2. The quantitative estimate of drug-likeness (QED) is 0.412. The number of aromatic nitrogens is 1. The van der Waals surface area contributed by atoms with E-state index in [0.717, 1.165) is 0 Å². The number of pyridine rings is 1. The minimum Gasteiger partial charge on any atom is -0.456 e. The molecule has 19 heavy (non-hydrogen) atoms. The lowest BCUT2D eigenvalue weighted by Crippen LogP contribution is -1.92. The average Bonchev–Trinajstić information content (AvgIpc) is 2.44. The highest BCUT2D eigenvalue weighted by molar-refractivity contribution is 6.29. The average molecular weight is 278 g/mol. The highest BCUT2D eigenvalue weighted by atomic mass is 35.5. The van der Waals surface area contributed by atoms with E-state index in [1.165, 1.54) is 0 Å². The molecule has 0 saturated heterocycles. The minimum atomic E-state index is 0.441. The van der Waals surface area contributed by atoms with Crippen LogP contribution in [0.1, 0.15) is 20.8 Å². The van der Waals surface area contributed by atoms with Gasteiger partial charge in [0, 0.05) is 0 Å². The molecule has 0 radical (unpaired) electrons. The first-order valence-electron chi connectivity index (χ1n) is 6.17. The lowest BCUT2D eigenvalue weighted by molar-refractivity contribution is 0.442. The van der Waals surface area contributed by atoms with Crippen molar-refractivity contribution < 1.29 is 4.74 Å². The zero-order chi connectivity index (χ0) is 14.5. The van der Waals surface area contributed by atoms with Crippen LogP contribution in [0.2, 0.25) is 5.15 Å². The molecular weight excluding hydrogens is 258 g/mol. The number of hydrogen-bond acceptors (Lipinski definition) is 2. The fourth-order valence-corrected chi connectivity index (χ4v) is 1.17. The molecule has 1 aromatic rings. The Hall–Kier alpha value is -1.80. The molecule has 0 atom stereocenters. The van der Waals surface area contributed by atoms with Crippen LogP contribution < -0.4 is 4.74 Å². The van der Waals surface area contributed by atoms with Crippen LogP contribution in [0.25, 0.3) is 0 Å². The van der Waals surface area contributed by atoms with E-state index in [9.17, 15) is 0 Å². The third-order valence-corrected chi connectivity index (χ3v) is 2.01. The van der Waals surface area contributed by atoms with Gasteiger partial charge in [0.15, 0.2) is 0 Å². The molecule has 0 aliphatic carbocycles. The number of hydrogen-bond donors (Lipinski definition) is 0. The van der Waals surface area contributed by atoms with Crippen LogP contribution in [0.3, 0.4) is 0 Å². The maximum atomic E-state index is 5.69. The Morgan fingerprint density at radius 1 is 1.32 bits per heavy atom. The normalized spacial score (nSPS) is 11.3. The standard InChI is InChI=1S/C14H14ClNO.C2H6/c1-3-5-6-8-12(7-4-2)17-13-9-10-14(15)16-11-13;1-2/h3-11H,2H2,1H3;1-2H3/b5-3-,8-6-,12-7+;. The lowest BCUT2D eigenvalue weighted by Gasteiger charge is -2.05. The van der Waals surface area contributed by atoms with E-state index in [0.29, 0.717) is 16.7 Å². The van der Waals surface area contributed by atoms with Crippen LogP contribution in [0, 0.1) is 0 Å². The van der Waals surface area contributed by atoms with Gasteiger partial charge in [-0.2, -0.15) is 0 Å². The van der Waals surface area contributed by atoms with Crippen molar-refractivity contribution in [3.8, 4) is 5.75 Å². The molecule has 0 amide bonds. The molecule has 0 aliphatic rings. The van der Waals surface area contributed by atoms with Crippen LogP contribution >= 0.6 is 11.6 Å². The number of nitrogens with zero attached hydrogens (tertiary/aromatic N) is 1. The predicted octanol–water partition coefficient (Wildman–Crippen LogP) is 5.34. The molecule has 0 unspecified atom stereocenters. The summed E-state index contributed by atoms with van der Waals surface area (Å²) in [6, 6.07) is 3.44. The van der Waals surface area contributed by atoms with Crippen LogP contribution in [-0.2, 0) is 0 Å². The highest BCUT2D eigenvalue weighted by Crippen LogP contribution is 2.15. The van der Waals surface area contributed by atoms with Gasteiger partial charge in [-0.05, 0) is 31.2 Å². The van der Waals surface area contributed by atoms with Gasteiger partial charge in [0.05, 0.1) is 6.20 Å². The summed E-state index contributed by atoms with van der Waals surface area (Å²) in [6.07, 6.45) is 12.6. The van der Waals surface area contributed by atoms with Gasteiger partial charge >= 0.3 is 0 Å². The Labute approximate surface area is 120 Å². The molecule has 2 nitrogen and oxygen atoms in total. The van der Waals surface area contributed by atoms with E-state index >= 15 is 0 Å². The lowest BCUT2D eigenvalue weighted by atomic mass is 10.3. The van der Waals surface area contributed by atoms with Crippen molar-refractivity contribution in [2.75, 3.05) is 0 Å². The monoisotopic (exact) mass is 277 g/mol.